The zero-order valence-electron chi connectivity index (χ0n) is 9.96. The number of hydrogen-bond acceptors (Lipinski definition) is 2. The van der Waals surface area contributed by atoms with E-state index in [1.807, 2.05) is 4.90 Å². The first-order valence-electron chi connectivity index (χ1n) is 5.38. The Morgan fingerprint density at radius 1 is 1.27 bits per heavy atom. The van der Waals surface area contributed by atoms with E-state index in [1.54, 1.807) is 0 Å². The molecule has 2 aliphatic rings. The van der Waals surface area contributed by atoms with Crippen molar-refractivity contribution in [3.8, 4) is 0 Å². The highest BCUT2D eigenvalue weighted by atomic mass is 35.5. The van der Waals surface area contributed by atoms with Crippen molar-refractivity contribution >= 4 is 18.3 Å². The first-order chi connectivity index (χ1) is 6.36. The maximum absolute atomic E-state index is 12.0. The summed E-state index contributed by atoms with van der Waals surface area (Å²) in [5, 5.41) is 3.15. The number of carbonyl (C=O) groups excluding carboxylic acids is 1. The maximum atomic E-state index is 12.0. The minimum absolute atomic E-state index is 0. The molecule has 0 spiro atoms. The fourth-order valence-corrected chi connectivity index (χ4v) is 2.10. The number of rotatable bonds is 1. The molecule has 0 saturated carbocycles. The molecule has 4 heteroatoms. The van der Waals surface area contributed by atoms with E-state index in [4.69, 9.17) is 0 Å². The lowest BCUT2D eigenvalue weighted by molar-refractivity contribution is -0.173. The largest absolute Gasteiger partial charge is 0.336 e. The third-order valence-electron chi connectivity index (χ3n) is 4.28. The number of amides is 1. The summed E-state index contributed by atoms with van der Waals surface area (Å²) >= 11 is 0. The summed E-state index contributed by atoms with van der Waals surface area (Å²) in [7, 11) is 0. The first-order valence-corrected chi connectivity index (χ1v) is 5.38. The highest BCUT2D eigenvalue weighted by Gasteiger charge is 2.55. The lowest BCUT2D eigenvalue weighted by Crippen LogP contribution is -2.73. The average Bonchev–Trinajstić information content (AvgIpc) is 1.96. The Morgan fingerprint density at radius 2 is 1.80 bits per heavy atom. The molecular weight excluding hydrogens is 212 g/mol. The van der Waals surface area contributed by atoms with Crippen molar-refractivity contribution in [2.24, 2.45) is 11.3 Å². The van der Waals surface area contributed by atoms with Gasteiger partial charge in [-0.15, -0.1) is 12.4 Å². The van der Waals surface area contributed by atoms with Crippen LogP contribution in [0.25, 0.3) is 0 Å². The maximum Gasteiger partial charge on any atom is 0.228 e. The van der Waals surface area contributed by atoms with Gasteiger partial charge in [0.05, 0.1) is 5.92 Å². The normalized spacial score (nSPS) is 27.3. The molecule has 1 amide bonds. The van der Waals surface area contributed by atoms with E-state index in [0.717, 1.165) is 19.6 Å². The number of nitrogens with one attached hydrogen (secondary N) is 1. The van der Waals surface area contributed by atoms with E-state index < -0.39 is 0 Å². The highest BCUT2D eigenvalue weighted by molar-refractivity contribution is 5.85. The Labute approximate surface area is 98.0 Å². The lowest BCUT2D eigenvalue weighted by Gasteiger charge is -2.62. The van der Waals surface area contributed by atoms with E-state index in [0.29, 0.717) is 5.91 Å². The molecule has 2 aliphatic heterocycles. The lowest BCUT2D eigenvalue weighted by atomic mass is 9.65. The van der Waals surface area contributed by atoms with Crippen LogP contribution in [0, 0.1) is 11.3 Å². The summed E-state index contributed by atoms with van der Waals surface area (Å²) in [5.74, 6) is 0.582. The highest BCUT2D eigenvalue weighted by Crippen LogP contribution is 2.46. The molecule has 3 nitrogen and oxygen atoms in total. The van der Waals surface area contributed by atoms with Crippen molar-refractivity contribution in [3.05, 3.63) is 0 Å². The molecule has 0 aromatic rings. The topological polar surface area (TPSA) is 32.3 Å². The van der Waals surface area contributed by atoms with Crippen molar-refractivity contribution in [1.82, 2.24) is 10.2 Å². The molecule has 0 aliphatic carbocycles. The van der Waals surface area contributed by atoms with Crippen LogP contribution in [0.1, 0.15) is 27.7 Å². The fraction of sp³-hybridized carbons (Fsp3) is 0.909. The molecule has 0 aromatic carbocycles. The van der Waals surface area contributed by atoms with Gasteiger partial charge in [-0.3, -0.25) is 4.79 Å². The van der Waals surface area contributed by atoms with E-state index >= 15 is 0 Å². The van der Waals surface area contributed by atoms with Gasteiger partial charge in [-0.2, -0.15) is 0 Å². The van der Waals surface area contributed by atoms with Gasteiger partial charge < -0.3 is 10.2 Å². The Kier molecular flexibility index (Phi) is 3.10. The molecular formula is C11H21ClN2O. The van der Waals surface area contributed by atoms with E-state index in [-0.39, 0.29) is 29.3 Å². The number of likely N-dealkylation sites (tertiary alicyclic amines) is 1. The van der Waals surface area contributed by atoms with Gasteiger partial charge in [0, 0.05) is 30.6 Å². The third-order valence-corrected chi connectivity index (χ3v) is 4.28. The van der Waals surface area contributed by atoms with Gasteiger partial charge in [-0.25, -0.2) is 0 Å². The van der Waals surface area contributed by atoms with E-state index in [1.165, 1.54) is 0 Å². The smallest absolute Gasteiger partial charge is 0.228 e. The average molecular weight is 233 g/mol. The molecule has 2 saturated heterocycles. The van der Waals surface area contributed by atoms with Crippen LogP contribution in [0.5, 0.6) is 0 Å². The number of carbonyl (C=O) groups is 1. The Morgan fingerprint density at radius 3 is 2.07 bits per heavy atom. The molecule has 88 valence electrons. The van der Waals surface area contributed by atoms with Gasteiger partial charge in [0.25, 0.3) is 0 Å². The van der Waals surface area contributed by atoms with Gasteiger partial charge >= 0.3 is 0 Å². The quantitative estimate of drug-likeness (QED) is 0.739. The SMILES string of the molecule is CC1(C)CN(C(=O)C2CNC2)C1(C)C.Cl. The second-order valence-electron chi connectivity index (χ2n) is 5.72. The predicted molar refractivity (Wildman–Crippen MR) is 63.2 cm³/mol. The monoisotopic (exact) mass is 232 g/mol. The summed E-state index contributed by atoms with van der Waals surface area (Å²) < 4.78 is 0. The van der Waals surface area contributed by atoms with E-state index in [9.17, 15) is 4.79 Å². The van der Waals surface area contributed by atoms with Crippen LogP contribution in [0.3, 0.4) is 0 Å². The summed E-state index contributed by atoms with van der Waals surface area (Å²) in [6, 6.07) is 0. The molecule has 2 heterocycles. The molecule has 15 heavy (non-hydrogen) atoms. The second kappa shape index (κ2) is 3.63. The fourth-order valence-electron chi connectivity index (χ4n) is 2.10. The molecule has 0 bridgehead atoms. The molecule has 0 atom stereocenters. The Bertz CT molecular complexity index is 272. The van der Waals surface area contributed by atoms with Crippen LogP contribution in [0.15, 0.2) is 0 Å². The van der Waals surface area contributed by atoms with Gasteiger partial charge in [0.15, 0.2) is 0 Å². The van der Waals surface area contributed by atoms with Gasteiger partial charge in [0.2, 0.25) is 5.91 Å². The number of nitrogens with zero attached hydrogens (tertiary/aromatic N) is 1. The summed E-state index contributed by atoms with van der Waals surface area (Å²) in [6.45, 7) is 11.4. The zero-order valence-corrected chi connectivity index (χ0v) is 10.8. The van der Waals surface area contributed by atoms with Crippen LogP contribution in [-0.4, -0.2) is 36.0 Å². The minimum Gasteiger partial charge on any atom is -0.336 e. The molecule has 2 rings (SSSR count). The van der Waals surface area contributed by atoms with Crippen molar-refractivity contribution in [3.63, 3.8) is 0 Å². The molecule has 0 aromatic heterocycles. The van der Waals surface area contributed by atoms with Gasteiger partial charge in [0.1, 0.15) is 0 Å². The van der Waals surface area contributed by atoms with E-state index in [2.05, 4.69) is 33.0 Å². The standard InChI is InChI=1S/C11H20N2O.ClH/c1-10(2)7-13(11(10,3)4)9(14)8-5-12-6-8;/h8,12H,5-7H2,1-4H3;1H. The van der Waals surface area contributed by atoms with Crippen LogP contribution >= 0.6 is 12.4 Å². The van der Waals surface area contributed by atoms with Crippen molar-refractivity contribution < 1.29 is 4.79 Å². The number of halogens is 1. The van der Waals surface area contributed by atoms with Crippen LogP contribution in [-0.2, 0) is 4.79 Å². The molecule has 0 radical (unpaired) electrons. The van der Waals surface area contributed by atoms with Crippen LogP contribution < -0.4 is 5.32 Å². The van der Waals surface area contributed by atoms with Crippen LogP contribution in [0.2, 0.25) is 0 Å². The van der Waals surface area contributed by atoms with Gasteiger partial charge in [-0.05, 0) is 13.8 Å². The zero-order chi connectivity index (χ0) is 10.6. The molecule has 2 fully saturated rings. The minimum atomic E-state index is 0. The second-order valence-corrected chi connectivity index (χ2v) is 5.72. The first kappa shape index (κ1) is 12.8. The van der Waals surface area contributed by atoms with Crippen molar-refractivity contribution in [2.75, 3.05) is 19.6 Å². The Balaban J connectivity index is 0.00000112. The van der Waals surface area contributed by atoms with Crippen LogP contribution in [0.4, 0.5) is 0 Å². The third kappa shape index (κ3) is 1.66. The summed E-state index contributed by atoms with van der Waals surface area (Å²) in [4.78, 5) is 14.0. The number of hydrogen-bond donors (Lipinski definition) is 1. The molecule has 1 N–H and O–H groups in total. The van der Waals surface area contributed by atoms with Crippen molar-refractivity contribution in [2.45, 2.75) is 33.2 Å². The van der Waals surface area contributed by atoms with Gasteiger partial charge in [-0.1, -0.05) is 13.8 Å². The van der Waals surface area contributed by atoms with Crippen molar-refractivity contribution in [1.29, 1.82) is 0 Å². The Hall–Kier alpha value is -0.280. The molecule has 0 unspecified atom stereocenters. The predicted octanol–water partition coefficient (Wildman–Crippen LogP) is 1.27. The summed E-state index contributed by atoms with van der Waals surface area (Å²) in [5.41, 5.74) is 0.291. The summed E-state index contributed by atoms with van der Waals surface area (Å²) in [6.07, 6.45) is 0.